The zero-order chi connectivity index (χ0) is 13.4. The third kappa shape index (κ3) is 2.95. The highest BCUT2D eigenvalue weighted by Gasteiger charge is 2.46. The standard InChI is InChI=1S/C11H17NO5/c1-6-5-7(9(14)15)12(8(6)13)10(16)17-11(2,3)4/h6-7H,5H2,1-4H3,(H,14,15)/t6?,7-/m0/s1. The summed E-state index contributed by atoms with van der Waals surface area (Å²) < 4.78 is 5.02. The predicted molar refractivity (Wildman–Crippen MR) is 58.3 cm³/mol. The van der Waals surface area contributed by atoms with E-state index in [1.54, 1.807) is 27.7 Å². The van der Waals surface area contributed by atoms with Crippen LogP contribution in [0.1, 0.15) is 34.1 Å². The molecule has 0 aromatic heterocycles. The number of rotatable bonds is 1. The minimum atomic E-state index is -1.19. The number of aliphatic carboxylic acids is 1. The zero-order valence-corrected chi connectivity index (χ0v) is 10.4. The molecule has 0 aromatic carbocycles. The highest BCUT2D eigenvalue weighted by molar-refractivity contribution is 6.00. The third-order valence-electron chi connectivity index (χ3n) is 2.42. The minimum Gasteiger partial charge on any atom is -0.480 e. The van der Waals surface area contributed by atoms with Crippen molar-refractivity contribution in [3.05, 3.63) is 0 Å². The Morgan fingerprint density at radius 1 is 1.41 bits per heavy atom. The maximum Gasteiger partial charge on any atom is 0.417 e. The summed E-state index contributed by atoms with van der Waals surface area (Å²) in [6, 6.07) is -1.12. The molecule has 2 amide bonds. The number of carboxylic acid groups (broad SMARTS) is 1. The summed E-state index contributed by atoms with van der Waals surface area (Å²) in [4.78, 5) is 35.1. The molecule has 0 saturated carbocycles. The van der Waals surface area contributed by atoms with E-state index in [-0.39, 0.29) is 6.42 Å². The molecule has 1 aliphatic heterocycles. The van der Waals surface area contributed by atoms with E-state index in [1.165, 1.54) is 0 Å². The average molecular weight is 243 g/mol. The number of amides is 2. The molecule has 0 bridgehead atoms. The number of nitrogens with zero attached hydrogens (tertiary/aromatic N) is 1. The van der Waals surface area contributed by atoms with Gasteiger partial charge in [-0.2, -0.15) is 0 Å². The fraction of sp³-hybridized carbons (Fsp3) is 0.727. The van der Waals surface area contributed by atoms with Gasteiger partial charge < -0.3 is 9.84 Å². The van der Waals surface area contributed by atoms with Gasteiger partial charge in [0.15, 0.2) is 0 Å². The summed E-state index contributed by atoms with van der Waals surface area (Å²) in [5.41, 5.74) is -0.758. The van der Waals surface area contributed by atoms with Gasteiger partial charge in [-0.3, -0.25) is 4.79 Å². The van der Waals surface area contributed by atoms with Gasteiger partial charge in [-0.15, -0.1) is 0 Å². The van der Waals surface area contributed by atoms with Crippen LogP contribution in [0.15, 0.2) is 0 Å². The van der Waals surface area contributed by atoms with Crippen LogP contribution in [0.2, 0.25) is 0 Å². The molecule has 1 fully saturated rings. The topological polar surface area (TPSA) is 83.9 Å². The molecule has 1 N–H and O–H groups in total. The molecule has 1 unspecified atom stereocenters. The van der Waals surface area contributed by atoms with Gasteiger partial charge in [0.1, 0.15) is 11.6 Å². The first-order valence-corrected chi connectivity index (χ1v) is 5.42. The molecule has 1 aliphatic rings. The first-order chi connectivity index (χ1) is 7.63. The molecule has 0 aliphatic carbocycles. The second kappa shape index (κ2) is 4.35. The Kier molecular flexibility index (Phi) is 3.45. The van der Waals surface area contributed by atoms with Crippen LogP contribution < -0.4 is 0 Å². The van der Waals surface area contributed by atoms with Gasteiger partial charge in [-0.05, 0) is 27.2 Å². The van der Waals surface area contributed by atoms with Crippen molar-refractivity contribution in [3.63, 3.8) is 0 Å². The Hall–Kier alpha value is -1.59. The van der Waals surface area contributed by atoms with Crippen molar-refractivity contribution in [1.29, 1.82) is 0 Å². The van der Waals surface area contributed by atoms with Crippen molar-refractivity contribution < 1.29 is 24.2 Å². The molecule has 0 radical (unpaired) electrons. The number of hydrogen-bond acceptors (Lipinski definition) is 4. The fourth-order valence-corrected chi connectivity index (χ4v) is 1.67. The smallest absolute Gasteiger partial charge is 0.417 e. The first-order valence-electron chi connectivity index (χ1n) is 5.42. The molecule has 17 heavy (non-hydrogen) atoms. The van der Waals surface area contributed by atoms with E-state index in [0.717, 1.165) is 0 Å². The molecular formula is C11H17NO5. The van der Waals surface area contributed by atoms with Gasteiger partial charge in [-0.1, -0.05) is 6.92 Å². The summed E-state index contributed by atoms with van der Waals surface area (Å²) in [5.74, 6) is -2.15. The quantitative estimate of drug-likeness (QED) is 0.749. The van der Waals surface area contributed by atoms with Crippen LogP contribution in [0.25, 0.3) is 0 Å². The van der Waals surface area contributed by atoms with Gasteiger partial charge in [0.25, 0.3) is 0 Å². The van der Waals surface area contributed by atoms with Gasteiger partial charge in [0, 0.05) is 5.92 Å². The lowest BCUT2D eigenvalue weighted by molar-refractivity contribution is -0.145. The maximum atomic E-state index is 11.8. The zero-order valence-electron chi connectivity index (χ0n) is 10.4. The fourth-order valence-electron chi connectivity index (χ4n) is 1.67. The van der Waals surface area contributed by atoms with Gasteiger partial charge in [0.2, 0.25) is 5.91 Å². The van der Waals surface area contributed by atoms with Crippen molar-refractivity contribution in [2.24, 2.45) is 5.92 Å². The average Bonchev–Trinajstić information content (AvgIpc) is 2.40. The molecule has 0 aromatic rings. The van der Waals surface area contributed by atoms with Crippen LogP contribution in [-0.4, -0.2) is 39.6 Å². The molecule has 1 heterocycles. The van der Waals surface area contributed by atoms with E-state index in [9.17, 15) is 14.4 Å². The van der Waals surface area contributed by atoms with E-state index in [4.69, 9.17) is 9.84 Å². The summed E-state index contributed by atoms with van der Waals surface area (Å²) >= 11 is 0. The summed E-state index contributed by atoms with van der Waals surface area (Å²) in [7, 11) is 0. The second-order valence-corrected chi connectivity index (χ2v) is 5.18. The molecule has 2 atom stereocenters. The lowest BCUT2D eigenvalue weighted by atomic mass is 10.1. The van der Waals surface area contributed by atoms with Crippen LogP contribution in [0.5, 0.6) is 0 Å². The summed E-state index contributed by atoms with van der Waals surface area (Å²) in [6.07, 6.45) is -0.757. The maximum absolute atomic E-state index is 11.8. The van der Waals surface area contributed by atoms with E-state index < -0.39 is 35.5 Å². The SMILES string of the molecule is CC1C[C@@H](C(=O)O)N(C(=O)OC(C)(C)C)C1=O. The Morgan fingerprint density at radius 3 is 2.35 bits per heavy atom. The molecule has 6 heteroatoms. The number of carbonyl (C=O) groups is 3. The van der Waals surface area contributed by atoms with Crippen LogP contribution in [0, 0.1) is 5.92 Å². The van der Waals surface area contributed by atoms with Crippen LogP contribution in [0.3, 0.4) is 0 Å². The number of likely N-dealkylation sites (tertiary alicyclic amines) is 1. The Labute approximate surface area is 99.5 Å². The molecule has 6 nitrogen and oxygen atoms in total. The molecular weight excluding hydrogens is 226 g/mol. The lowest BCUT2D eigenvalue weighted by Crippen LogP contribution is -2.45. The van der Waals surface area contributed by atoms with Crippen molar-refractivity contribution in [1.82, 2.24) is 4.90 Å². The number of ether oxygens (including phenoxy) is 1. The number of imide groups is 1. The van der Waals surface area contributed by atoms with E-state index in [1.807, 2.05) is 0 Å². The number of carbonyl (C=O) groups excluding carboxylic acids is 2. The Balaban J connectivity index is 2.89. The predicted octanol–water partition coefficient (Wildman–Crippen LogP) is 1.24. The molecule has 0 spiro atoms. The molecule has 1 saturated heterocycles. The minimum absolute atomic E-state index is 0.132. The van der Waals surface area contributed by atoms with Crippen molar-refractivity contribution >= 4 is 18.0 Å². The lowest BCUT2D eigenvalue weighted by Gasteiger charge is -2.25. The second-order valence-electron chi connectivity index (χ2n) is 5.18. The molecule has 96 valence electrons. The van der Waals surface area contributed by atoms with Crippen LogP contribution >= 0.6 is 0 Å². The largest absolute Gasteiger partial charge is 0.480 e. The van der Waals surface area contributed by atoms with Gasteiger partial charge >= 0.3 is 12.1 Å². The highest BCUT2D eigenvalue weighted by Crippen LogP contribution is 2.26. The van der Waals surface area contributed by atoms with Gasteiger partial charge in [-0.25, -0.2) is 14.5 Å². The third-order valence-corrected chi connectivity index (χ3v) is 2.42. The Bertz CT molecular complexity index is 357. The number of hydrogen-bond donors (Lipinski definition) is 1. The normalized spacial score (nSPS) is 24.9. The summed E-state index contributed by atoms with van der Waals surface area (Å²) in [6.45, 7) is 6.57. The van der Waals surface area contributed by atoms with Crippen molar-refractivity contribution in [2.75, 3.05) is 0 Å². The summed E-state index contributed by atoms with van der Waals surface area (Å²) in [5, 5.41) is 8.96. The van der Waals surface area contributed by atoms with E-state index in [0.29, 0.717) is 4.90 Å². The van der Waals surface area contributed by atoms with E-state index >= 15 is 0 Å². The first kappa shape index (κ1) is 13.5. The molecule has 1 rings (SSSR count). The monoisotopic (exact) mass is 243 g/mol. The van der Waals surface area contributed by atoms with Crippen molar-refractivity contribution in [2.45, 2.75) is 45.8 Å². The van der Waals surface area contributed by atoms with E-state index in [2.05, 4.69) is 0 Å². The number of carboxylic acids is 1. The van der Waals surface area contributed by atoms with Crippen LogP contribution in [-0.2, 0) is 14.3 Å². The van der Waals surface area contributed by atoms with Crippen LogP contribution in [0.4, 0.5) is 4.79 Å². The highest BCUT2D eigenvalue weighted by atomic mass is 16.6. The van der Waals surface area contributed by atoms with Crippen molar-refractivity contribution in [3.8, 4) is 0 Å². The van der Waals surface area contributed by atoms with Gasteiger partial charge in [0.05, 0.1) is 0 Å². The Morgan fingerprint density at radius 2 is 1.94 bits per heavy atom.